The molecule has 1 fully saturated rings. The molecule has 1 aromatic carbocycles. The number of hydroxylamine groups is 1. The van der Waals surface area contributed by atoms with Crippen LogP contribution in [-0.2, 0) is 13.0 Å². The molecule has 1 amide bonds. The maximum atomic E-state index is 14.2. The summed E-state index contributed by atoms with van der Waals surface area (Å²) in [7, 11) is 2.16. The number of carbonyl (C=O) groups is 1. The smallest absolute Gasteiger partial charge is 0.274 e. The molecule has 1 atom stereocenters. The second-order valence-corrected chi connectivity index (χ2v) is 7.02. The first-order chi connectivity index (χ1) is 10.9. The number of amides is 1. The molecule has 1 aromatic rings. The zero-order valence-corrected chi connectivity index (χ0v) is 13.7. The van der Waals surface area contributed by atoms with E-state index in [-0.39, 0.29) is 16.9 Å². The Morgan fingerprint density at radius 3 is 2.87 bits per heavy atom. The Balaban J connectivity index is 1.79. The van der Waals surface area contributed by atoms with E-state index in [0.29, 0.717) is 18.5 Å². The molecule has 0 saturated carbocycles. The largest absolute Gasteiger partial charge is 0.300 e. The van der Waals surface area contributed by atoms with Crippen molar-refractivity contribution in [2.24, 2.45) is 0 Å². The minimum Gasteiger partial charge on any atom is -0.300 e. The Labute approximate surface area is 136 Å². The van der Waals surface area contributed by atoms with E-state index in [2.05, 4.69) is 23.8 Å². The van der Waals surface area contributed by atoms with Crippen molar-refractivity contribution in [1.29, 1.82) is 0 Å². The van der Waals surface area contributed by atoms with E-state index in [1.807, 2.05) is 0 Å². The highest BCUT2D eigenvalue weighted by atomic mass is 19.1. The van der Waals surface area contributed by atoms with Gasteiger partial charge >= 0.3 is 0 Å². The van der Waals surface area contributed by atoms with Crippen LogP contribution in [0.5, 0.6) is 0 Å². The summed E-state index contributed by atoms with van der Waals surface area (Å²) < 4.78 is 14.2. The molecule has 5 nitrogen and oxygen atoms in total. The predicted octanol–water partition coefficient (Wildman–Crippen LogP) is 1.79. The minimum atomic E-state index is -0.675. The number of halogens is 1. The molecule has 1 unspecified atom stereocenters. The number of rotatable bonds is 3. The minimum absolute atomic E-state index is 0.162. The number of hydrogen-bond donors (Lipinski definition) is 2. The quantitative estimate of drug-likeness (QED) is 0.658. The van der Waals surface area contributed by atoms with Crippen LogP contribution < -0.4 is 5.48 Å². The van der Waals surface area contributed by atoms with Gasteiger partial charge in [0.25, 0.3) is 5.91 Å². The van der Waals surface area contributed by atoms with Crippen LogP contribution in [0.25, 0.3) is 0 Å². The standard InChI is InChI=1S/C17H24FN3O2/c1-17(5-3-6-20(17)2)11-21-7-4-14-13(10-21)8-12(9-15(14)18)16(22)19-23/h8-9,23H,3-7,10-11H2,1-2H3,(H,19,22). The number of nitrogens with one attached hydrogen (secondary N) is 1. The first kappa shape index (κ1) is 16.4. The van der Waals surface area contributed by atoms with Gasteiger partial charge in [0.1, 0.15) is 5.82 Å². The monoisotopic (exact) mass is 321 g/mol. The summed E-state index contributed by atoms with van der Waals surface area (Å²) >= 11 is 0. The molecule has 0 bridgehead atoms. The van der Waals surface area contributed by atoms with Crippen molar-refractivity contribution < 1.29 is 14.4 Å². The zero-order chi connectivity index (χ0) is 16.6. The fourth-order valence-electron chi connectivity index (χ4n) is 3.87. The van der Waals surface area contributed by atoms with E-state index in [4.69, 9.17) is 5.21 Å². The van der Waals surface area contributed by atoms with E-state index in [0.717, 1.165) is 25.2 Å². The lowest BCUT2D eigenvalue weighted by atomic mass is 9.93. The molecule has 2 heterocycles. The molecule has 3 rings (SSSR count). The van der Waals surface area contributed by atoms with Crippen molar-refractivity contribution in [2.45, 2.75) is 38.3 Å². The zero-order valence-electron chi connectivity index (χ0n) is 13.7. The third-order valence-corrected chi connectivity index (χ3v) is 5.42. The number of likely N-dealkylation sites (tertiary alicyclic amines) is 1. The lowest BCUT2D eigenvalue weighted by Gasteiger charge is -2.39. The van der Waals surface area contributed by atoms with Gasteiger partial charge in [-0.25, -0.2) is 9.87 Å². The van der Waals surface area contributed by atoms with E-state index >= 15 is 0 Å². The van der Waals surface area contributed by atoms with Gasteiger partial charge < -0.3 is 0 Å². The fraction of sp³-hybridized carbons (Fsp3) is 0.588. The molecule has 0 aromatic heterocycles. The average molecular weight is 321 g/mol. The van der Waals surface area contributed by atoms with E-state index < -0.39 is 5.91 Å². The third kappa shape index (κ3) is 3.11. The van der Waals surface area contributed by atoms with Gasteiger partial charge in [-0.2, -0.15) is 0 Å². The molecule has 6 heteroatoms. The number of benzene rings is 1. The molecule has 126 valence electrons. The van der Waals surface area contributed by atoms with Crippen LogP contribution in [0, 0.1) is 5.82 Å². The second-order valence-electron chi connectivity index (χ2n) is 7.02. The van der Waals surface area contributed by atoms with Gasteiger partial charge in [-0.1, -0.05) is 0 Å². The van der Waals surface area contributed by atoms with Crippen LogP contribution in [0.3, 0.4) is 0 Å². The highest BCUT2D eigenvalue weighted by Crippen LogP contribution is 2.31. The van der Waals surface area contributed by atoms with Crippen LogP contribution in [0.15, 0.2) is 12.1 Å². The van der Waals surface area contributed by atoms with Gasteiger partial charge in [-0.3, -0.25) is 19.8 Å². The van der Waals surface area contributed by atoms with Crippen molar-refractivity contribution >= 4 is 5.91 Å². The SMILES string of the molecule is CN1CCCC1(C)CN1CCc2c(F)cc(C(=O)NO)cc2C1. The van der Waals surface area contributed by atoms with Gasteiger partial charge in [0, 0.05) is 30.7 Å². The van der Waals surface area contributed by atoms with Gasteiger partial charge in [-0.05, 0) is 63.0 Å². The molecule has 23 heavy (non-hydrogen) atoms. The number of nitrogens with zero attached hydrogens (tertiary/aromatic N) is 2. The van der Waals surface area contributed by atoms with Crippen LogP contribution in [0.1, 0.15) is 41.3 Å². The third-order valence-electron chi connectivity index (χ3n) is 5.42. The molecule has 2 aliphatic rings. The molecular weight excluding hydrogens is 297 g/mol. The summed E-state index contributed by atoms with van der Waals surface area (Å²) in [5, 5.41) is 8.75. The van der Waals surface area contributed by atoms with Gasteiger partial charge in [-0.15, -0.1) is 0 Å². The normalized spacial score (nSPS) is 25.4. The Morgan fingerprint density at radius 2 is 2.22 bits per heavy atom. The number of fused-ring (bicyclic) bond motifs is 1. The Kier molecular flexibility index (Phi) is 4.40. The second kappa shape index (κ2) is 6.19. The average Bonchev–Trinajstić information content (AvgIpc) is 2.85. The first-order valence-electron chi connectivity index (χ1n) is 8.12. The number of likely N-dealkylation sites (N-methyl/N-ethyl adjacent to an activating group) is 1. The summed E-state index contributed by atoms with van der Waals surface area (Å²) in [6.07, 6.45) is 3.04. The van der Waals surface area contributed by atoms with Gasteiger partial charge in [0.05, 0.1) is 0 Å². The highest BCUT2D eigenvalue weighted by Gasteiger charge is 2.36. The van der Waals surface area contributed by atoms with Crippen LogP contribution >= 0.6 is 0 Å². The maximum absolute atomic E-state index is 14.2. The van der Waals surface area contributed by atoms with E-state index in [1.54, 1.807) is 11.5 Å². The Morgan fingerprint density at radius 1 is 1.43 bits per heavy atom. The predicted molar refractivity (Wildman–Crippen MR) is 84.9 cm³/mol. The van der Waals surface area contributed by atoms with Crippen LogP contribution in [-0.4, -0.2) is 53.1 Å². The van der Waals surface area contributed by atoms with Gasteiger partial charge in [0.2, 0.25) is 0 Å². The summed E-state index contributed by atoms with van der Waals surface area (Å²) in [5.74, 6) is -1.03. The van der Waals surface area contributed by atoms with Crippen LogP contribution in [0.4, 0.5) is 4.39 Å². The van der Waals surface area contributed by atoms with Crippen molar-refractivity contribution in [3.8, 4) is 0 Å². The summed E-state index contributed by atoms with van der Waals surface area (Å²) in [4.78, 5) is 16.3. The van der Waals surface area contributed by atoms with Crippen LogP contribution in [0.2, 0.25) is 0 Å². The maximum Gasteiger partial charge on any atom is 0.274 e. The molecule has 0 spiro atoms. The summed E-state index contributed by atoms with van der Waals surface area (Å²) in [6.45, 7) is 5.82. The molecule has 0 aliphatic carbocycles. The van der Waals surface area contributed by atoms with Crippen molar-refractivity contribution in [1.82, 2.24) is 15.3 Å². The number of hydrogen-bond acceptors (Lipinski definition) is 4. The lowest BCUT2D eigenvalue weighted by molar-refractivity contribution is 0.0705. The summed E-state index contributed by atoms with van der Waals surface area (Å²) in [6, 6.07) is 2.89. The van der Waals surface area contributed by atoms with Crippen molar-refractivity contribution in [3.63, 3.8) is 0 Å². The van der Waals surface area contributed by atoms with E-state index in [1.165, 1.54) is 18.9 Å². The van der Waals surface area contributed by atoms with Crippen molar-refractivity contribution in [3.05, 3.63) is 34.6 Å². The topological polar surface area (TPSA) is 55.8 Å². The lowest BCUT2D eigenvalue weighted by Crippen LogP contribution is -2.49. The first-order valence-corrected chi connectivity index (χ1v) is 8.12. The van der Waals surface area contributed by atoms with E-state index in [9.17, 15) is 9.18 Å². The fourth-order valence-corrected chi connectivity index (χ4v) is 3.87. The number of carbonyl (C=O) groups excluding carboxylic acids is 1. The molecule has 2 N–H and O–H groups in total. The summed E-state index contributed by atoms with van der Waals surface area (Å²) in [5.41, 5.74) is 3.44. The molecular formula is C17H24FN3O2. The molecule has 2 aliphatic heterocycles. The highest BCUT2D eigenvalue weighted by molar-refractivity contribution is 5.93. The van der Waals surface area contributed by atoms with Gasteiger partial charge in [0.15, 0.2) is 0 Å². The Bertz CT molecular complexity index is 622. The molecule has 0 radical (unpaired) electrons. The van der Waals surface area contributed by atoms with Crippen molar-refractivity contribution in [2.75, 3.05) is 26.7 Å². The molecule has 1 saturated heterocycles. The Hall–Kier alpha value is -1.50.